The summed E-state index contributed by atoms with van der Waals surface area (Å²) in [5.74, 6) is 0. The zero-order valence-corrected chi connectivity index (χ0v) is 25.0. The maximum Gasteiger partial charge on any atom is 0.0714 e. The van der Waals surface area contributed by atoms with Crippen LogP contribution < -0.4 is 0 Å². The van der Waals surface area contributed by atoms with Crippen molar-refractivity contribution in [3.8, 4) is 55.8 Å². The first kappa shape index (κ1) is 25.3. The topological polar surface area (TPSA) is 12.9 Å². The molecular formula is C45H27N. The number of aromatic nitrogens is 1. The molecule has 0 spiro atoms. The van der Waals surface area contributed by atoms with Crippen LogP contribution in [0, 0.1) is 0 Å². The van der Waals surface area contributed by atoms with Crippen LogP contribution in [0.1, 0.15) is 0 Å². The van der Waals surface area contributed by atoms with Crippen molar-refractivity contribution in [3.63, 3.8) is 0 Å². The van der Waals surface area contributed by atoms with Gasteiger partial charge in [0.05, 0.1) is 5.69 Å². The third-order valence-electron chi connectivity index (χ3n) is 9.80. The summed E-state index contributed by atoms with van der Waals surface area (Å²) in [5, 5.41) is 10.1. The zero-order chi connectivity index (χ0) is 30.2. The quantitative estimate of drug-likeness (QED) is 0.189. The van der Waals surface area contributed by atoms with Crippen molar-refractivity contribution in [1.82, 2.24) is 4.98 Å². The fourth-order valence-electron chi connectivity index (χ4n) is 7.83. The van der Waals surface area contributed by atoms with E-state index in [2.05, 4.69) is 152 Å². The lowest BCUT2D eigenvalue weighted by atomic mass is 9.82. The van der Waals surface area contributed by atoms with Crippen LogP contribution in [-0.2, 0) is 0 Å². The second kappa shape index (κ2) is 9.72. The lowest BCUT2D eigenvalue weighted by Crippen LogP contribution is -1.95. The van der Waals surface area contributed by atoms with E-state index in [-0.39, 0.29) is 0 Å². The molecule has 1 aliphatic rings. The predicted octanol–water partition coefficient (Wildman–Crippen LogP) is 12.3. The summed E-state index contributed by atoms with van der Waals surface area (Å²) in [7, 11) is 0. The molecule has 1 aliphatic carbocycles. The van der Waals surface area contributed by atoms with E-state index < -0.39 is 0 Å². The van der Waals surface area contributed by atoms with Crippen LogP contribution in [0.4, 0.5) is 0 Å². The Balaban J connectivity index is 1.40. The maximum atomic E-state index is 4.98. The van der Waals surface area contributed by atoms with Gasteiger partial charge >= 0.3 is 0 Å². The maximum absolute atomic E-state index is 4.98. The average Bonchev–Trinajstić information content (AvgIpc) is 3.45. The highest BCUT2D eigenvalue weighted by atomic mass is 14.7. The Bertz CT molecular complexity index is 2670. The second-order valence-corrected chi connectivity index (χ2v) is 12.3. The molecule has 0 bridgehead atoms. The fourth-order valence-corrected chi connectivity index (χ4v) is 7.83. The largest absolute Gasteiger partial charge is 0.256 e. The van der Waals surface area contributed by atoms with E-state index in [4.69, 9.17) is 4.98 Å². The van der Waals surface area contributed by atoms with Crippen LogP contribution in [0.25, 0.3) is 98.9 Å². The van der Waals surface area contributed by atoms with Gasteiger partial charge in [0.15, 0.2) is 0 Å². The summed E-state index contributed by atoms with van der Waals surface area (Å²) in [4.78, 5) is 4.98. The van der Waals surface area contributed by atoms with E-state index in [1.807, 2.05) is 12.3 Å². The van der Waals surface area contributed by atoms with Gasteiger partial charge in [-0.3, -0.25) is 4.98 Å². The van der Waals surface area contributed by atoms with Crippen LogP contribution in [-0.4, -0.2) is 4.98 Å². The van der Waals surface area contributed by atoms with Gasteiger partial charge < -0.3 is 0 Å². The molecule has 46 heavy (non-hydrogen) atoms. The van der Waals surface area contributed by atoms with Crippen LogP contribution in [0.3, 0.4) is 0 Å². The summed E-state index contributed by atoms with van der Waals surface area (Å²) in [5.41, 5.74) is 12.3. The molecule has 0 radical (unpaired) electrons. The molecule has 1 heterocycles. The lowest BCUT2D eigenvalue weighted by molar-refractivity contribution is 1.33. The van der Waals surface area contributed by atoms with Crippen LogP contribution in [0.2, 0.25) is 0 Å². The second-order valence-electron chi connectivity index (χ2n) is 12.3. The molecule has 0 aliphatic heterocycles. The van der Waals surface area contributed by atoms with Gasteiger partial charge in [-0.25, -0.2) is 0 Å². The number of fused-ring (bicyclic) bond motifs is 7. The minimum Gasteiger partial charge on any atom is -0.256 e. The number of rotatable bonds is 3. The zero-order valence-electron chi connectivity index (χ0n) is 25.0. The van der Waals surface area contributed by atoms with Gasteiger partial charge in [-0.15, -0.1) is 0 Å². The fraction of sp³-hybridized carbons (Fsp3) is 0. The van der Waals surface area contributed by atoms with Crippen LogP contribution >= 0.6 is 0 Å². The molecule has 1 aromatic heterocycles. The minimum atomic E-state index is 0.996. The first-order valence-corrected chi connectivity index (χ1v) is 15.9. The van der Waals surface area contributed by atoms with E-state index in [9.17, 15) is 0 Å². The average molecular weight is 582 g/mol. The van der Waals surface area contributed by atoms with E-state index >= 15 is 0 Å². The van der Waals surface area contributed by atoms with Crippen molar-refractivity contribution in [1.29, 1.82) is 0 Å². The Morgan fingerprint density at radius 1 is 0.326 bits per heavy atom. The Kier molecular flexibility index (Phi) is 5.35. The monoisotopic (exact) mass is 581 g/mol. The van der Waals surface area contributed by atoms with Gasteiger partial charge in [0, 0.05) is 17.3 Å². The highest BCUT2D eigenvalue weighted by molar-refractivity contribution is 6.31. The predicted molar refractivity (Wildman–Crippen MR) is 195 cm³/mol. The van der Waals surface area contributed by atoms with Crippen molar-refractivity contribution in [3.05, 3.63) is 164 Å². The molecule has 0 amide bonds. The summed E-state index contributed by atoms with van der Waals surface area (Å²) < 4.78 is 0. The smallest absolute Gasteiger partial charge is 0.0714 e. The highest BCUT2D eigenvalue weighted by Gasteiger charge is 2.31. The Hall–Kier alpha value is -6.05. The molecule has 10 rings (SSSR count). The number of hydrogen-bond donors (Lipinski definition) is 0. The molecule has 0 fully saturated rings. The van der Waals surface area contributed by atoms with Crippen molar-refractivity contribution in [2.24, 2.45) is 0 Å². The number of pyridine rings is 1. The lowest BCUT2D eigenvalue weighted by Gasteiger charge is -2.21. The molecule has 0 N–H and O–H groups in total. The Morgan fingerprint density at radius 3 is 1.91 bits per heavy atom. The standard InChI is InChI=1S/C45H27N/c1-2-12-29(13-3-1)41-38-26-32(31-21-20-28-11-4-5-14-30(28)25-31)22-23-36(38)43(40-19-8-9-24-46-40)45-39-27-33-15-6-7-16-34(33)35-17-10-18-37(42(35)39)44(41)45/h1-27H. The van der Waals surface area contributed by atoms with E-state index in [1.54, 1.807) is 0 Å². The van der Waals surface area contributed by atoms with Gasteiger partial charge in [-0.05, 0) is 112 Å². The first-order valence-electron chi connectivity index (χ1n) is 15.9. The van der Waals surface area contributed by atoms with Gasteiger partial charge in [0.2, 0.25) is 0 Å². The van der Waals surface area contributed by atoms with Crippen molar-refractivity contribution in [2.45, 2.75) is 0 Å². The van der Waals surface area contributed by atoms with E-state index in [1.165, 1.54) is 93.2 Å². The first-order chi connectivity index (χ1) is 22.8. The normalized spacial score (nSPS) is 11.9. The third kappa shape index (κ3) is 3.60. The Morgan fingerprint density at radius 2 is 1.04 bits per heavy atom. The molecule has 8 aromatic carbocycles. The summed E-state index contributed by atoms with van der Waals surface area (Å²) in [6, 6.07) is 57.7. The van der Waals surface area contributed by atoms with E-state index in [0.717, 1.165) is 5.69 Å². The molecule has 0 saturated carbocycles. The molecule has 0 saturated heterocycles. The summed E-state index contributed by atoms with van der Waals surface area (Å²) in [6.45, 7) is 0. The van der Waals surface area contributed by atoms with Gasteiger partial charge in [-0.1, -0.05) is 127 Å². The van der Waals surface area contributed by atoms with Crippen molar-refractivity contribution < 1.29 is 0 Å². The number of benzene rings is 8. The van der Waals surface area contributed by atoms with Gasteiger partial charge in [0.1, 0.15) is 0 Å². The molecule has 0 atom stereocenters. The molecule has 9 aromatic rings. The van der Waals surface area contributed by atoms with Gasteiger partial charge in [-0.2, -0.15) is 0 Å². The number of hydrogen-bond acceptors (Lipinski definition) is 1. The van der Waals surface area contributed by atoms with Gasteiger partial charge in [0.25, 0.3) is 0 Å². The van der Waals surface area contributed by atoms with E-state index in [0.29, 0.717) is 0 Å². The highest BCUT2D eigenvalue weighted by Crippen LogP contribution is 2.58. The molecule has 1 nitrogen and oxygen atoms in total. The summed E-state index contributed by atoms with van der Waals surface area (Å²) >= 11 is 0. The molecule has 1 heteroatoms. The molecular weight excluding hydrogens is 555 g/mol. The van der Waals surface area contributed by atoms with Crippen LogP contribution in [0.5, 0.6) is 0 Å². The SMILES string of the molecule is c1ccc(-c2c3c(c(-c4ccccn4)c4ccc(-c5ccc6ccccc6c5)cc24)-c2cc4ccccc4c4cccc-3c24)cc1. The van der Waals surface area contributed by atoms with Crippen molar-refractivity contribution >= 4 is 43.1 Å². The van der Waals surface area contributed by atoms with Crippen molar-refractivity contribution in [2.75, 3.05) is 0 Å². The third-order valence-corrected chi connectivity index (χ3v) is 9.80. The summed E-state index contributed by atoms with van der Waals surface area (Å²) in [6.07, 6.45) is 1.92. The minimum absolute atomic E-state index is 0.996. The number of nitrogens with zero attached hydrogens (tertiary/aromatic N) is 1. The molecule has 0 unspecified atom stereocenters. The van der Waals surface area contributed by atoms with Crippen LogP contribution in [0.15, 0.2) is 164 Å². The molecule has 212 valence electrons. The Labute approximate surface area is 267 Å².